The van der Waals surface area contributed by atoms with Crippen LogP contribution in [0.3, 0.4) is 0 Å². The van der Waals surface area contributed by atoms with Gasteiger partial charge in [0.15, 0.2) is 0 Å². The average molecular weight is 181 g/mol. The van der Waals surface area contributed by atoms with Gasteiger partial charge in [0.1, 0.15) is 11.4 Å². The Kier molecular flexibility index (Phi) is 2.84. The Labute approximate surface area is 78.0 Å². The normalized spacial score (nSPS) is 9.46. The third-order valence-corrected chi connectivity index (χ3v) is 1.95. The monoisotopic (exact) mass is 181 g/mol. The van der Waals surface area contributed by atoms with Crippen molar-refractivity contribution >= 4 is 17.1 Å². The summed E-state index contributed by atoms with van der Waals surface area (Å²) < 4.78 is 0. The Balaban J connectivity index is 3.27. The van der Waals surface area contributed by atoms with E-state index in [9.17, 15) is 5.11 Å². The Morgan fingerprint density at radius 3 is 2.00 bits per heavy atom. The summed E-state index contributed by atoms with van der Waals surface area (Å²) in [5, 5.41) is 18.5. The van der Waals surface area contributed by atoms with Crippen LogP contribution >= 0.6 is 0 Å². The highest BCUT2D eigenvalue weighted by molar-refractivity contribution is 5.86. The van der Waals surface area contributed by atoms with Crippen molar-refractivity contribution in [2.75, 3.05) is 37.1 Å². The topological polar surface area (TPSA) is 56.3 Å². The fourth-order valence-electron chi connectivity index (χ4n) is 1.31. The predicted molar refractivity (Wildman–Crippen MR) is 56.7 cm³/mol. The molecule has 72 valence electrons. The maximum absolute atomic E-state index is 9.51. The van der Waals surface area contributed by atoms with Gasteiger partial charge in [-0.25, -0.2) is 0 Å². The molecular weight excluding hydrogens is 166 g/mol. The van der Waals surface area contributed by atoms with E-state index >= 15 is 0 Å². The summed E-state index contributed by atoms with van der Waals surface area (Å²) >= 11 is 0. The maximum Gasteiger partial charge on any atom is 0.140 e. The molecule has 0 aromatic heterocycles. The van der Waals surface area contributed by atoms with Crippen LogP contribution in [0.2, 0.25) is 0 Å². The molecule has 13 heavy (non-hydrogen) atoms. The van der Waals surface area contributed by atoms with Crippen molar-refractivity contribution in [1.82, 2.24) is 0 Å². The highest BCUT2D eigenvalue weighted by Crippen LogP contribution is 2.36. The first-order valence-corrected chi connectivity index (χ1v) is 4.13. The summed E-state index contributed by atoms with van der Waals surface area (Å²) in [6.45, 7) is 0. The van der Waals surface area contributed by atoms with Crippen LogP contribution in [0.5, 0.6) is 5.75 Å². The van der Waals surface area contributed by atoms with Crippen molar-refractivity contribution in [3.8, 4) is 5.75 Å². The number of nitrogens with one attached hydrogen (secondary N) is 3. The van der Waals surface area contributed by atoms with Gasteiger partial charge < -0.3 is 21.1 Å². The molecule has 0 aliphatic carbocycles. The quantitative estimate of drug-likeness (QED) is 0.422. The number of phenolic OH excluding ortho intramolecular Hbond substituents is 1. The first-order chi connectivity index (χ1) is 6.24. The Bertz CT molecular complexity index is 299. The number of aromatic hydroxyl groups is 1. The maximum atomic E-state index is 9.51. The molecule has 1 aromatic rings. The van der Waals surface area contributed by atoms with Crippen LogP contribution in [0.15, 0.2) is 12.1 Å². The van der Waals surface area contributed by atoms with Crippen molar-refractivity contribution in [2.24, 2.45) is 0 Å². The Morgan fingerprint density at radius 2 is 1.54 bits per heavy atom. The molecule has 1 aromatic carbocycles. The highest BCUT2D eigenvalue weighted by Gasteiger charge is 2.08. The smallest absolute Gasteiger partial charge is 0.140 e. The minimum atomic E-state index is 0.242. The molecule has 1 rings (SSSR count). The van der Waals surface area contributed by atoms with E-state index < -0.39 is 0 Å². The standard InChI is InChI=1S/C9H15N3O/c1-10-6-4-5-7(13)9(12-3)8(6)11-2/h4-5,10-13H,1-3H3. The van der Waals surface area contributed by atoms with Crippen molar-refractivity contribution in [3.05, 3.63) is 12.1 Å². The highest BCUT2D eigenvalue weighted by atomic mass is 16.3. The molecule has 0 unspecified atom stereocenters. The van der Waals surface area contributed by atoms with E-state index in [0.29, 0.717) is 5.69 Å². The zero-order valence-electron chi connectivity index (χ0n) is 8.10. The molecule has 0 spiro atoms. The molecule has 0 aliphatic heterocycles. The lowest BCUT2D eigenvalue weighted by atomic mass is 10.2. The Morgan fingerprint density at radius 1 is 0.923 bits per heavy atom. The summed E-state index contributed by atoms with van der Waals surface area (Å²) in [5.74, 6) is 0.242. The summed E-state index contributed by atoms with van der Waals surface area (Å²) in [6.07, 6.45) is 0. The van der Waals surface area contributed by atoms with E-state index in [-0.39, 0.29) is 5.75 Å². The van der Waals surface area contributed by atoms with Gasteiger partial charge in [0.05, 0.1) is 11.4 Å². The van der Waals surface area contributed by atoms with Gasteiger partial charge in [0.2, 0.25) is 0 Å². The SMILES string of the molecule is CNc1ccc(O)c(NC)c1NC. The number of hydrogen-bond donors (Lipinski definition) is 4. The molecule has 4 nitrogen and oxygen atoms in total. The second kappa shape index (κ2) is 3.89. The zero-order chi connectivity index (χ0) is 9.84. The second-order valence-corrected chi connectivity index (χ2v) is 2.63. The molecular formula is C9H15N3O. The molecule has 0 saturated heterocycles. The first kappa shape index (κ1) is 9.51. The van der Waals surface area contributed by atoms with E-state index in [1.54, 1.807) is 13.1 Å². The van der Waals surface area contributed by atoms with Crippen molar-refractivity contribution in [2.45, 2.75) is 0 Å². The van der Waals surface area contributed by atoms with E-state index in [0.717, 1.165) is 11.4 Å². The third-order valence-electron chi connectivity index (χ3n) is 1.95. The molecule has 4 N–H and O–H groups in total. The summed E-state index contributed by atoms with van der Waals surface area (Å²) in [4.78, 5) is 0. The average Bonchev–Trinajstić information content (AvgIpc) is 2.17. The minimum absolute atomic E-state index is 0.242. The third kappa shape index (κ3) is 1.61. The van der Waals surface area contributed by atoms with Crippen LogP contribution in [-0.4, -0.2) is 26.2 Å². The largest absolute Gasteiger partial charge is 0.506 e. The van der Waals surface area contributed by atoms with Gasteiger partial charge >= 0.3 is 0 Å². The van der Waals surface area contributed by atoms with E-state index in [4.69, 9.17) is 0 Å². The van der Waals surface area contributed by atoms with Gasteiger partial charge in [-0.15, -0.1) is 0 Å². The molecule has 0 atom stereocenters. The molecule has 0 amide bonds. The molecule has 0 fully saturated rings. The number of hydrogen-bond acceptors (Lipinski definition) is 4. The van der Waals surface area contributed by atoms with Gasteiger partial charge in [-0.2, -0.15) is 0 Å². The fraction of sp³-hybridized carbons (Fsp3) is 0.333. The van der Waals surface area contributed by atoms with Crippen LogP contribution in [-0.2, 0) is 0 Å². The van der Waals surface area contributed by atoms with Crippen LogP contribution in [0.1, 0.15) is 0 Å². The van der Waals surface area contributed by atoms with Crippen LogP contribution in [0.25, 0.3) is 0 Å². The van der Waals surface area contributed by atoms with Crippen molar-refractivity contribution in [3.63, 3.8) is 0 Å². The summed E-state index contributed by atoms with van der Waals surface area (Å²) in [7, 11) is 5.43. The molecule has 0 radical (unpaired) electrons. The molecule has 4 heteroatoms. The first-order valence-electron chi connectivity index (χ1n) is 4.13. The van der Waals surface area contributed by atoms with Crippen molar-refractivity contribution < 1.29 is 5.11 Å². The summed E-state index contributed by atoms with van der Waals surface area (Å²) in [6, 6.07) is 3.47. The summed E-state index contributed by atoms with van der Waals surface area (Å²) in [5.41, 5.74) is 2.52. The lowest BCUT2D eigenvalue weighted by Gasteiger charge is -2.14. The molecule has 0 aliphatic rings. The lowest BCUT2D eigenvalue weighted by Crippen LogP contribution is -2.01. The van der Waals surface area contributed by atoms with Gasteiger partial charge in [-0.1, -0.05) is 0 Å². The van der Waals surface area contributed by atoms with Crippen molar-refractivity contribution in [1.29, 1.82) is 0 Å². The molecule has 0 bridgehead atoms. The van der Waals surface area contributed by atoms with Gasteiger partial charge in [0, 0.05) is 21.1 Å². The number of rotatable bonds is 3. The number of phenols is 1. The lowest BCUT2D eigenvalue weighted by molar-refractivity contribution is 0.478. The zero-order valence-corrected chi connectivity index (χ0v) is 8.10. The van der Waals surface area contributed by atoms with E-state index in [2.05, 4.69) is 16.0 Å². The van der Waals surface area contributed by atoms with Crippen LogP contribution < -0.4 is 16.0 Å². The van der Waals surface area contributed by atoms with E-state index in [1.807, 2.05) is 20.2 Å². The van der Waals surface area contributed by atoms with Gasteiger partial charge in [-0.3, -0.25) is 0 Å². The number of benzene rings is 1. The van der Waals surface area contributed by atoms with E-state index in [1.165, 1.54) is 0 Å². The number of anilines is 3. The fourth-order valence-corrected chi connectivity index (χ4v) is 1.31. The van der Waals surface area contributed by atoms with Crippen LogP contribution in [0, 0.1) is 0 Å². The Hall–Kier alpha value is -1.58. The van der Waals surface area contributed by atoms with Gasteiger partial charge in [0.25, 0.3) is 0 Å². The minimum Gasteiger partial charge on any atom is -0.506 e. The van der Waals surface area contributed by atoms with Crippen LogP contribution in [0.4, 0.5) is 17.1 Å². The molecule has 0 heterocycles. The molecule has 0 saturated carbocycles. The predicted octanol–water partition coefficient (Wildman–Crippen LogP) is 1.52. The second-order valence-electron chi connectivity index (χ2n) is 2.63. The van der Waals surface area contributed by atoms with Gasteiger partial charge in [-0.05, 0) is 12.1 Å².